The Labute approximate surface area is 113 Å². The number of aryl methyl sites for hydroxylation is 1. The van der Waals surface area contributed by atoms with Gasteiger partial charge in [0.05, 0.1) is 12.5 Å². The van der Waals surface area contributed by atoms with E-state index in [4.69, 9.17) is 10.00 Å². The minimum atomic E-state index is -0.335. The fraction of sp³-hybridized carbons (Fsp3) is 0.429. The predicted octanol–water partition coefficient (Wildman–Crippen LogP) is 2.19. The molecule has 0 aliphatic rings. The number of amides is 2. The molecule has 0 atom stereocenters. The largest absolute Gasteiger partial charge is 0.473 e. The summed E-state index contributed by atoms with van der Waals surface area (Å²) in [6, 6.07) is 9.43. The summed E-state index contributed by atoms with van der Waals surface area (Å²) >= 11 is 0. The first-order valence-electron chi connectivity index (χ1n) is 6.36. The smallest absolute Gasteiger partial charge is 0.317 e. The van der Waals surface area contributed by atoms with Crippen LogP contribution in [0.4, 0.5) is 4.79 Å². The molecular weight excluding hydrogens is 242 g/mol. The topological polar surface area (TPSA) is 74.2 Å². The van der Waals surface area contributed by atoms with Crippen LogP contribution in [0.1, 0.15) is 25.3 Å². The van der Waals surface area contributed by atoms with Gasteiger partial charge in [-0.15, -0.1) is 0 Å². The van der Waals surface area contributed by atoms with Crippen LogP contribution in [0, 0.1) is 11.3 Å². The molecule has 0 fully saturated rings. The minimum absolute atomic E-state index is 0.103. The van der Waals surface area contributed by atoms with Crippen molar-refractivity contribution in [2.45, 2.75) is 26.2 Å². The number of nitrogens with one attached hydrogen (secondary N) is 2. The number of carbonyl (C=O) groups excluding carboxylic acids is 1. The zero-order valence-corrected chi connectivity index (χ0v) is 11.1. The number of carbonyl (C=O) groups is 1. The average Bonchev–Trinajstić information content (AvgIpc) is 2.41. The molecule has 0 spiro atoms. The fourth-order valence-corrected chi connectivity index (χ4v) is 1.52. The second-order valence-corrected chi connectivity index (χ2v) is 4.02. The van der Waals surface area contributed by atoms with Gasteiger partial charge < -0.3 is 15.4 Å². The van der Waals surface area contributed by atoms with Crippen LogP contribution in [0.3, 0.4) is 0 Å². The Morgan fingerprint density at radius 3 is 2.68 bits per heavy atom. The normalized spacial score (nSPS) is 9.47. The zero-order chi connectivity index (χ0) is 13.9. The van der Waals surface area contributed by atoms with Crippen LogP contribution in [0.15, 0.2) is 24.3 Å². The first kappa shape index (κ1) is 14.8. The zero-order valence-electron chi connectivity index (χ0n) is 11.1. The lowest BCUT2D eigenvalue weighted by Crippen LogP contribution is -2.38. The van der Waals surface area contributed by atoms with Crippen LogP contribution in [0.25, 0.3) is 0 Å². The molecule has 1 aromatic carbocycles. The maximum Gasteiger partial charge on any atom is 0.317 e. The lowest BCUT2D eigenvalue weighted by Gasteiger charge is -2.09. The first-order chi connectivity index (χ1) is 9.26. The van der Waals surface area contributed by atoms with Crippen LogP contribution in [0.5, 0.6) is 5.75 Å². The highest BCUT2D eigenvalue weighted by atomic mass is 16.5. The molecule has 19 heavy (non-hydrogen) atoms. The molecule has 5 nitrogen and oxygen atoms in total. The summed E-state index contributed by atoms with van der Waals surface area (Å²) in [4.78, 5) is 11.2. The van der Waals surface area contributed by atoms with Gasteiger partial charge in [0.25, 0.3) is 0 Å². The molecule has 1 aromatic rings. The van der Waals surface area contributed by atoms with Crippen molar-refractivity contribution >= 4 is 6.03 Å². The molecule has 0 saturated carbocycles. The Hall–Kier alpha value is -2.22. The number of benzene rings is 1. The van der Waals surface area contributed by atoms with Crippen molar-refractivity contribution in [3.8, 4) is 11.8 Å². The van der Waals surface area contributed by atoms with E-state index in [9.17, 15) is 4.79 Å². The predicted molar refractivity (Wildman–Crippen MR) is 72.7 cm³/mol. The van der Waals surface area contributed by atoms with Crippen LogP contribution in [-0.4, -0.2) is 19.3 Å². The van der Waals surface area contributed by atoms with E-state index < -0.39 is 0 Å². The van der Waals surface area contributed by atoms with Crippen molar-refractivity contribution in [1.29, 1.82) is 5.26 Å². The summed E-state index contributed by atoms with van der Waals surface area (Å²) in [7, 11) is 0. The Morgan fingerprint density at radius 2 is 2.05 bits per heavy atom. The number of nitriles is 1. The fourth-order valence-electron chi connectivity index (χ4n) is 1.52. The minimum Gasteiger partial charge on any atom is -0.473 e. The van der Waals surface area contributed by atoms with Crippen molar-refractivity contribution < 1.29 is 9.53 Å². The third-order valence-electron chi connectivity index (χ3n) is 2.46. The van der Waals surface area contributed by atoms with Crippen molar-refractivity contribution in [3.63, 3.8) is 0 Å². The van der Waals surface area contributed by atoms with Gasteiger partial charge in [0.1, 0.15) is 5.75 Å². The maximum atomic E-state index is 11.2. The van der Waals surface area contributed by atoms with E-state index in [-0.39, 0.29) is 12.8 Å². The SMILES string of the molecule is CCCc1ccc(OCNC(=O)NCCC#N)cc1. The van der Waals surface area contributed by atoms with Gasteiger partial charge in [-0.05, 0) is 24.1 Å². The van der Waals surface area contributed by atoms with Gasteiger partial charge in [-0.25, -0.2) is 4.79 Å². The van der Waals surface area contributed by atoms with Crippen LogP contribution in [-0.2, 0) is 6.42 Å². The lowest BCUT2D eigenvalue weighted by atomic mass is 10.1. The third-order valence-corrected chi connectivity index (χ3v) is 2.46. The molecule has 0 aliphatic heterocycles. The molecule has 0 unspecified atom stereocenters. The molecule has 0 aromatic heterocycles. The monoisotopic (exact) mass is 261 g/mol. The van der Waals surface area contributed by atoms with E-state index >= 15 is 0 Å². The standard InChI is InChI=1S/C14H19N3O2/c1-2-4-12-5-7-13(8-6-12)19-11-17-14(18)16-10-3-9-15/h5-8H,2-4,10-11H2,1H3,(H2,16,17,18). The second-order valence-electron chi connectivity index (χ2n) is 4.02. The van der Waals surface area contributed by atoms with Crippen molar-refractivity contribution in [1.82, 2.24) is 10.6 Å². The number of hydrogen-bond acceptors (Lipinski definition) is 3. The number of hydrogen-bond donors (Lipinski definition) is 2. The highest BCUT2D eigenvalue weighted by Gasteiger charge is 1.99. The van der Waals surface area contributed by atoms with Crippen LogP contribution >= 0.6 is 0 Å². The Balaban J connectivity index is 2.21. The molecule has 2 amide bonds. The van der Waals surface area contributed by atoms with Gasteiger partial charge in [-0.3, -0.25) is 0 Å². The van der Waals surface area contributed by atoms with Crippen molar-refractivity contribution in [2.75, 3.05) is 13.3 Å². The molecule has 5 heteroatoms. The Morgan fingerprint density at radius 1 is 1.32 bits per heavy atom. The highest BCUT2D eigenvalue weighted by Crippen LogP contribution is 2.12. The summed E-state index contributed by atoms with van der Waals surface area (Å²) in [6.45, 7) is 2.58. The molecule has 102 valence electrons. The van der Waals surface area contributed by atoms with E-state index in [1.807, 2.05) is 30.3 Å². The van der Waals surface area contributed by atoms with Crippen LogP contribution < -0.4 is 15.4 Å². The van der Waals surface area contributed by atoms with E-state index in [2.05, 4.69) is 17.6 Å². The average molecular weight is 261 g/mol. The molecule has 0 bridgehead atoms. The quantitative estimate of drug-likeness (QED) is 0.583. The molecule has 0 saturated heterocycles. The maximum absolute atomic E-state index is 11.2. The van der Waals surface area contributed by atoms with Gasteiger partial charge in [0.15, 0.2) is 6.73 Å². The van der Waals surface area contributed by atoms with Crippen molar-refractivity contribution in [3.05, 3.63) is 29.8 Å². The molecule has 0 radical (unpaired) electrons. The highest BCUT2D eigenvalue weighted by molar-refractivity contribution is 5.73. The summed E-state index contributed by atoms with van der Waals surface area (Å²) in [5.41, 5.74) is 1.28. The van der Waals surface area contributed by atoms with Gasteiger partial charge in [-0.2, -0.15) is 5.26 Å². The lowest BCUT2D eigenvalue weighted by molar-refractivity contribution is 0.224. The van der Waals surface area contributed by atoms with E-state index in [0.717, 1.165) is 18.6 Å². The Kier molecular flexibility index (Phi) is 6.88. The molecular formula is C14H19N3O2. The van der Waals surface area contributed by atoms with E-state index in [0.29, 0.717) is 13.0 Å². The van der Waals surface area contributed by atoms with Gasteiger partial charge >= 0.3 is 6.03 Å². The molecule has 0 heterocycles. The van der Waals surface area contributed by atoms with Crippen LogP contribution in [0.2, 0.25) is 0 Å². The number of nitrogens with zero attached hydrogens (tertiary/aromatic N) is 1. The van der Waals surface area contributed by atoms with E-state index in [1.54, 1.807) is 0 Å². The second kappa shape index (κ2) is 8.81. The molecule has 2 N–H and O–H groups in total. The third kappa shape index (κ3) is 6.32. The summed E-state index contributed by atoms with van der Waals surface area (Å²) in [6.07, 6.45) is 2.47. The molecule has 0 aliphatic carbocycles. The number of rotatable bonds is 7. The Bertz CT molecular complexity index is 423. The molecule has 1 rings (SSSR count). The summed E-state index contributed by atoms with van der Waals surface area (Å²) < 4.78 is 5.38. The van der Waals surface area contributed by atoms with Gasteiger partial charge in [0.2, 0.25) is 0 Å². The van der Waals surface area contributed by atoms with Crippen molar-refractivity contribution in [2.24, 2.45) is 0 Å². The number of urea groups is 1. The van der Waals surface area contributed by atoms with E-state index in [1.165, 1.54) is 5.56 Å². The number of ether oxygens (including phenoxy) is 1. The van der Waals surface area contributed by atoms with Gasteiger partial charge in [0, 0.05) is 6.54 Å². The summed E-state index contributed by atoms with van der Waals surface area (Å²) in [5.74, 6) is 0.720. The van der Waals surface area contributed by atoms with Gasteiger partial charge in [-0.1, -0.05) is 25.5 Å². The first-order valence-corrected chi connectivity index (χ1v) is 6.36. The summed E-state index contributed by atoms with van der Waals surface area (Å²) in [5, 5.41) is 13.4.